The van der Waals surface area contributed by atoms with Crippen molar-refractivity contribution < 1.29 is 24.0 Å². The molecule has 154 valence electrons. The lowest BCUT2D eigenvalue weighted by Gasteiger charge is -2.12. The number of nitrogens with zero attached hydrogens (tertiary/aromatic N) is 2. The van der Waals surface area contributed by atoms with E-state index < -0.39 is 28.5 Å². The van der Waals surface area contributed by atoms with E-state index in [0.29, 0.717) is 28.8 Å². The molecular weight excluding hydrogens is 434 g/mol. The quantitative estimate of drug-likeness (QED) is 0.404. The van der Waals surface area contributed by atoms with E-state index in [1.807, 2.05) is 0 Å². The van der Waals surface area contributed by atoms with Gasteiger partial charge < -0.3 is 10.1 Å². The lowest BCUT2D eigenvalue weighted by atomic mass is 10.2. The largest absolute Gasteiger partial charge is 0.497 e. The van der Waals surface area contributed by atoms with Gasteiger partial charge in [-0.05, 0) is 53.7 Å². The summed E-state index contributed by atoms with van der Waals surface area (Å²) in [6.07, 6.45) is 1.34. The van der Waals surface area contributed by atoms with Gasteiger partial charge in [-0.1, -0.05) is 17.7 Å². The number of carbonyl (C=O) groups is 3. The van der Waals surface area contributed by atoms with E-state index in [0.717, 1.165) is 4.90 Å². The molecule has 1 N–H and O–H groups in total. The number of nitrogens with one attached hydrogen (secondary N) is 1. The summed E-state index contributed by atoms with van der Waals surface area (Å²) >= 11 is 6.42. The average molecular weight is 448 g/mol. The molecule has 0 saturated carbocycles. The standard InChI is InChI=1S/C19H14ClN3O6S/c1-29-13-5-3-12(4-6-13)21-17(24)10-22-18(25)16(30-19(22)26)9-11-2-7-14(20)15(8-11)23(27)28/h2-9H,10H2,1H3,(H,21,24)/b16-9-. The number of hydrogen-bond donors (Lipinski definition) is 1. The van der Waals surface area contributed by atoms with Crippen LogP contribution < -0.4 is 10.1 Å². The van der Waals surface area contributed by atoms with Crippen LogP contribution in [-0.2, 0) is 9.59 Å². The number of benzene rings is 2. The molecule has 1 fully saturated rings. The molecule has 30 heavy (non-hydrogen) atoms. The van der Waals surface area contributed by atoms with Crippen LogP contribution in [0.2, 0.25) is 5.02 Å². The highest BCUT2D eigenvalue weighted by Gasteiger charge is 2.36. The Morgan fingerprint density at radius 3 is 2.60 bits per heavy atom. The van der Waals surface area contributed by atoms with Gasteiger partial charge in [0, 0.05) is 11.8 Å². The maximum atomic E-state index is 12.5. The third-order valence-electron chi connectivity index (χ3n) is 4.01. The van der Waals surface area contributed by atoms with Gasteiger partial charge >= 0.3 is 0 Å². The number of carbonyl (C=O) groups excluding carboxylic acids is 3. The predicted molar refractivity (Wildman–Crippen MR) is 112 cm³/mol. The monoisotopic (exact) mass is 447 g/mol. The molecule has 2 aromatic rings. The normalized spacial score (nSPS) is 14.9. The highest BCUT2D eigenvalue weighted by atomic mass is 35.5. The molecule has 3 amide bonds. The van der Waals surface area contributed by atoms with Crippen molar-refractivity contribution in [2.75, 3.05) is 19.0 Å². The Kier molecular flexibility index (Phi) is 6.38. The van der Waals surface area contributed by atoms with E-state index in [1.165, 1.54) is 31.4 Å². The summed E-state index contributed by atoms with van der Waals surface area (Å²) in [5.41, 5.74) is 0.500. The highest BCUT2D eigenvalue weighted by Crippen LogP contribution is 2.33. The highest BCUT2D eigenvalue weighted by molar-refractivity contribution is 8.18. The van der Waals surface area contributed by atoms with E-state index in [4.69, 9.17) is 16.3 Å². The van der Waals surface area contributed by atoms with Gasteiger partial charge in [-0.15, -0.1) is 0 Å². The molecule has 1 aliphatic rings. The molecule has 11 heteroatoms. The molecule has 0 bridgehead atoms. The van der Waals surface area contributed by atoms with Gasteiger partial charge in [-0.2, -0.15) is 0 Å². The number of imide groups is 1. The lowest BCUT2D eigenvalue weighted by Crippen LogP contribution is -2.36. The lowest BCUT2D eigenvalue weighted by molar-refractivity contribution is -0.384. The fourth-order valence-electron chi connectivity index (χ4n) is 2.57. The van der Waals surface area contributed by atoms with Gasteiger partial charge in [0.25, 0.3) is 16.8 Å². The summed E-state index contributed by atoms with van der Waals surface area (Å²) in [6.45, 7) is -0.463. The third kappa shape index (κ3) is 4.78. The second-order valence-electron chi connectivity index (χ2n) is 6.01. The summed E-state index contributed by atoms with van der Waals surface area (Å²) in [4.78, 5) is 48.2. The van der Waals surface area contributed by atoms with Crippen molar-refractivity contribution in [3.8, 4) is 5.75 Å². The average Bonchev–Trinajstić information content (AvgIpc) is 2.97. The Morgan fingerprint density at radius 2 is 1.97 bits per heavy atom. The second-order valence-corrected chi connectivity index (χ2v) is 7.41. The predicted octanol–water partition coefficient (Wildman–Crippen LogP) is 3.93. The molecule has 0 unspecified atom stereocenters. The van der Waals surface area contributed by atoms with Crippen molar-refractivity contribution in [3.05, 3.63) is 68.1 Å². The number of hydrogen-bond acceptors (Lipinski definition) is 7. The van der Waals surface area contributed by atoms with Gasteiger partial charge in [0.15, 0.2) is 0 Å². The van der Waals surface area contributed by atoms with Gasteiger partial charge in [0.1, 0.15) is 17.3 Å². The number of nitro groups is 1. The first-order valence-corrected chi connectivity index (χ1v) is 9.61. The maximum Gasteiger partial charge on any atom is 0.294 e. The first kappa shape index (κ1) is 21.3. The maximum absolute atomic E-state index is 12.5. The Labute approximate surface area is 179 Å². The van der Waals surface area contributed by atoms with Crippen LogP contribution in [0.15, 0.2) is 47.4 Å². The van der Waals surface area contributed by atoms with Gasteiger partial charge in [-0.25, -0.2) is 0 Å². The molecule has 1 aliphatic heterocycles. The molecule has 9 nitrogen and oxygen atoms in total. The summed E-state index contributed by atoms with van der Waals surface area (Å²) < 4.78 is 5.03. The number of methoxy groups -OCH3 is 1. The second kappa shape index (κ2) is 8.97. The molecular formula is C19H14ClN3O6S. The summed E-state index contributed by atoms with van der Waals surface area (Å²) in [5, 5.41) is 12.9. The van der Waals surface area contributed by atoms with Crippen molar-refractivity contribution in [1.29, 1.82) is 0 Å². The minimum Gasteiger partial charge on any atom is -0.497 e. The zero-order valence-electron chi connectivity index (χ0n) is 15.5. The Bertz CT molecular complexity index is 1070. The third-order valence-corrected chi connectivity index (χ3v) is 5.24. The van der Waals surface area contributed by atoms with Gasteiger partial charge in [-0.3, -0.25) is 29.4 Å². The Balaban J connectivity index is 1.71. The van der Waals surface area contributed by atoms with E-state index in [1.54, 1.807) is 24.3 Å². The molecule has 0 aliphatic carbocycles. The number of halogens is 1. The summed E-state index contributed by atoms with van der Waals surface area (Å²) in [6, 6.07) is 10.6. The molecule has 1 heterocycles. The van der Waals surface area contributed by atoms with E-state index in [2.05, 4.69) is 5.32 Å². The minimum absolute atomic E-state index is 0.0412. The van der Waals surface area contributed by atoms with Crippen molar-refractivity contribution in [3.63, 3.8) is 0 Å². The van der Waals surface area contributed by atoms with Crippen LogP contribution in [0.4, 0.5) is 16.2 Å². The van der Waals surface area contributed by atoms with Crippen LogP contribution in [0.1, 0.15) is 5.56 Å². The Morgan fingerprint density at radius 1 is 1.27 bits per heavy atom. The van der Waals surface area contributed by atoms with E-state index in [-0.39, 0.29) is 15.6 Å². The summed E-state index contributed by atoms with van der Waals surface area (Å²) in [5.74, 6) is -0.593. The van der Waals surface area contributed by atoms with Crippen LogP contribution in [0.3, 0.4) is 0 Å². The fraction of sp³-hybridized carbons (Fsp3) is 0.105. The number of nitro benzene ring substituents is 1. The number of ether oxygens (including phenoxy) is 1. The van der Waals surface area contributed by atoms with Crippen LogP contribution in [0, 0.1) is 10.1 Å². The van der Waals surface area contributed by atoms with Gasteiger partial charge in [0.2, 0.25) is 5.91 Å². The zero-order chi connectivity index (χ0) is 21.8. The van der Waals surface area contributed by atoms with Crippen LogP contribution in [-0.4, -0.2) is 40.5 Å². The molecule has 3 rings (SSSR count). The van der Waals surface area contributed by atoms with Crippen molar-refractivity contribution >= 4 is 57.9 Å². The minimum atomic E-state index is -0.660. The smallest absolute Gasteiger partial charge is 0.294 e. The van der Waals surface area contributed by atoms with Crippen LogP contribution in [0.5, 0.6) is 5.75 Å². The molecule has 1 saturated heterocycles. The van der Waals surface area contributed by atoms with Crippen molar-refractivity contribution in [2.24, 2.45) is 0 Å². The van der Waals surface area contributed by atoms with E-state index >= 15 is 0 Å². The number of thioether (sulfide) groups is 1. The zero-order valence-corrected chi connectivity index (χ0v) is 17.0. The fourth-order valence-corrected chi connectivity index (χ4v) is 3.59. The Hall–Kier alpha value is -3.37. The SMILES string of the molecule is COc1ccc(NC(=O)CN2C(=O)S/C(=C\c3ccc(Cl)c([N+](=O)[O-])c3)C2=O)cc1. The topological polar surface area (TPSA) is 119 Å². The number of anilines is 1. The first-order chi connectivity index (χ1) is 14.3. The molecule has 0 spiro atoms. The molecule has 0 radical (unpaired) electrons. The van der Waals surface area contributed by atoms with Gasteiger partial charge in [0.05, 0.1) is 16.9 Å². The first-order valence-electron chi connectivity index (χ1n) is 8.41. The van der Waals surface area contributed by atoms with Crippen molar-refractivity contribution in [2.45, 2.75) is 0 Å². The molecule has 0 atom stereocenters. The number of amides is 3. The number of rotatable bonds is 6. The summed E-state index contributed by atoms with van der Waals surface area (Å²) in [7, 11) is 1.52. The molecule has 0 aromatic heterocycles. The van der Waals surface area contributed by atoms with Crippen LogP contribution in [0.25, 0.3) is 6.08 Å². The van der Waals surface area contributed by atoms with Crippen LogP contribution >= 0.6 is 23.4 Å². The molecule has 2 aromatic carbocycles. The van der Waals surface area contributed by atoms with E-state index in [9.17, 15) is 24.5 Å². The van der Waals surface area contributed by atoms with Crippen molar-refractivity contribution in [1.82, 2.24) is 4.90 Å².